The first-order valence-electron chi connectivity index (χ1n) is 33.9. The van der Waals surface area contributed by atoms with E-state index in [1.54, 1.807) is 6.08 Å². The van der Waals surface area contributed by atoms with E-state index < -0.39 is 67.4 Å². The Kier molecular flexibility index (Phi) is 54.6. The average molecular weight is 1150 g/mol. The molecule has 1 rings (SSSR count). The van der Waals surface area contributed by atoms with Gasteiger partial charge >= 0.3 is 5.97 Å². The van der Waals surface area contributed by atoms with Crippen molar-refractivity contribution in [1.29, 1.82) is 0 Å². The zero-order valence-electron chi connectivity index (χ0n) is 52.6. The quantitative estimate of drug-likeness (QED) is 0.0195. The number of carbonyl (C=O) groups excluding carboxylic acids is 2. The fourth-order valence-corrected chi connectivity index (χ4v) is 10.1. The Bertz CT molecular complexity index is 1660. The molecule has 11 nitrogen and oxygen atoms in total. The summed E-state index contributed by atoms with van der Waals surface area (Å²) >= 11 is 0. The maximum absolute atomic E-state index is 13.5. The van der Waals surface area contributed by atoms with Crippen LogP contribution in [0.2, 0.25) is 0 Å². The van der Waals surface area contributed by atoms with Gasteiger partial charge in [-0.05, 0) is 96.3 Å². The van der Waals surface area contributed by atoms with E-state index in [2.05, 4.69) is 92.9 Å². The van der Waals surface area contributed by atoms with Crippen molar-refractivity contribution in [1.82, 2.24) is 5.32 Å². The monoisotopic (exact) mass is 1150 g/mol. The van der Waals surface area contributed by atoms with E-state index in [4.69, 9.17) is 14.2 Å². The fourth-order valence-electron chi connectivity index (χ4n) is 10.1. The van der Waals surface area contributed by atoms with Gasteiger partial charge in [-0.15, -0.1) is 0 Å². The number of hydrogen-bond acceptors (Lipinski definition) is 10. The fraction of sp³-hybridized carbons (Fsp3) is 0.775. The van der Waals surface area contributed by atoms with Gasteiger partial charge in [0.05, 0.1) is 25.4 Å². The van der Waals surface area contributed by atoms with E-state index in [0.29, 0.717) is 19.3 Å². The van der Waals surface area contributed by atoms with Crippen molar-refractivity contribution in [2.24, 2.45) is 0 Å². The van der Waals surface area contributed by atoms with Gasteiger partial charge in [-0.25, -0.2) is 0 Å². The Morgan fingerprint density at radius 2 is 0.841 bits per heavy atom. The average Bonchev–Trinajstić information content (AvgIpc) is 3.60. The van der Waals surface area contributed by atoms with Crippen LogP contribution in [0.3, 0.4) is 0 Å². The molecule has 0 aromatic heterocycles. The van der Waals surface area contributed by atoms with Crippen LogP contribution in [-0.2, 0) is 23.8 Å². The number of esters is 1. The molecule has 82 heavy (non-hydrogen) atoms. The van der Waals surface area contributed by atoms with Gasteiger partial charge in [-0.2, -0.15) is 0 Å². The Labute approximate surface area is 502 Å². The second-order valence-corrected chi connectivity index (χ2v) is 23.2. The highest BCUT2D eigenvalue weighted by molar-refractivity contribution is 5.80. The molecular weight excluding hydrogens is 1030 g/mol. The Morgan fingerprint density at radius 3 is 1.28 bits per heavy atom. The zero-order chi connectivity index (χ0) is 59.6. The topological polar surface area (TPSA) is 175 Å². The zero-order valence-corrected chi connectivity index (χ0v) is 52.6. The van der Waals surface area contributed by atoms with E-state index >= 15 is 0 Å². The molecule has 1 amide bonds. The summed E-state index contributed by atoms with van der Waals surface area (Å²) in [5.41, 5.74) is 0. The molecule has 8 atom stereocenters. The van der Waals surface area contributed by atoms with E-state index in [0.717, 1.165) is 70.6 Å². The van der Waals surface area contributed by atoms with Crippen LogP contribution in [0.25, 0.3) is 0 Å². The molecule has 1 saturated heterocycles. The molecule has 1 aliphatic heterocycles. The van der Waals surface area contributed by atoms with Crippen molar-refractivity contribution >= 4 is 11.9 Å². The summed E-state index contributed by atoms with van der Waals surface area (Å²) in [5, 5.41) is 57.1. The summed E-state index contributed by atoms with van der Waals surface area (Å²) in [7, 11) is 0. The van der Waals surface area contributed by atoms with Crippen molar-refractivity contribution in [2.75, 3.05) is 13.2 Å². The summed E-state index contributed by atoms with van der Waals surface area (Å²) in [5.74, 6) is -1.25. The lowest BCUT2D eigenvalue weighted by Crippen LogP contribution is -2.61. The molecule has 0 saturated carbocycles. The molecule has 11 heteroatoms. The molecule has 0 aliphatic carbocycles. The second-order valence-electron chi connectivity index (χ2n) is 23.2. The Hall–Kier alpha value is -3.16. The van der Waals surface area contributed by atoms with Gasteiger partial charge in [0.25, 0.3) is 0 Å². The maximum Gasteiger partial charge on any atom is 0.306 e. The molecule has 0 aromatic rings. The molecule has 474 valence electrons. The number of hydrogen-bond donors (Lipinski definition) is 6. The van der Waals surface area contributed by atoms with Gasteiger partial charge < -0.3 is 45.1 Å². The minimum atomic E-state index is -1.64. The number of rotatable bonds is 57. The predicted molar refractivity (Wildman–Crippen MR) is 342 cm³/mol. The van der Waals surface area contributed by atoms with Crippen LogP contribution >= 0.6 is 0 Å². The summed E-state index contributed by atoms with van der Waals surface area (Å²) in [6.45, 7) is 5.72. The van der Waals surface area contributed by atoms with Crippen molar-refractivity contribution in [2.45, 2.75) is 339 Å². The smallest absolute Gasteiger partial charge is 0.306 e. The Balaban J connectivity index is 2.63. The first kappa shape index (κ1) is 76.9. The van der Waals surface area contributed by atoms with Crippen molar-refractivity contribution in [3.8, 4) is 0 Å². The minimum absolute atomic E-state index is 0.0456. The number of allylic oxidation sites excluding steroid dienone is 13. The number of carbonyl (C=O) groups is 2. The van der Waals surface area contributed by atoms with Gasteiger partial charge in [0.2, 0.25) is 5.91 Å². The van der Waals surface area contributed by atoms with E-state index in [9.17, 15) is 35.1 Å². The van der Waals surface area contributed by atoms with Crippen molar-refractivity contribution in [3.05, 3.63) is 85.1 Å². The van der Waals surface area contributed by atoms with E-state index in [-0.39, 0.29) is 19.4 Å². The first-order valence-corrected chi connectivity index (χ1v) is 33.9. The van der Waals surface area contributed by atoms with Gasteiger partial charge in [-0.3, -0.25) is 9.59 Å². The molecule has 1 aliphatic rings. The van der Waals surface area contributed by atoms with Crippen LogP contribution in [0.15, 0.2) is 85.1 Å². The normalized spacial score (nSPS) is 19.1. The lowest BCUT2D eigenvalue weighted by molar-refractivity contribution is -0.305. The molecule has 1 fully saturated rings. The van der Waals surface area contributed by atoms with E-state index in [1.807, 2.05) is 12.2 Å². The number of aliphatic hydroxyl groups excluding tert-OH is 5. The SMILES string of the molecule is CCCCC/C=C\C/C=C\C/C=C\C/C=C\CCCC(=O)OC1C(OCC(NC(=O)C(O)CCCCCCCCCCCCCCCC/C=C\C/C=C\CCCCC)C(O)/C=C/CCCCCCCCCCCC)OC(CO)C(O)C1O. The molecule has 0 radical (unpaired) electrons. The number of nitrogens with one attached hydrogen (secondary N) is 1. The largest absolute Gasteiger partial charge is 0.454 e. The molecule has 6 N–H and O–H groups in total. The van der Waals surface area contributed by atoms with Gasteiger partial charge in [0, 0.05) is 6.42 Å². The van der Waals surface area contributed by atoms with Crippen LogP contribution < -0.4 is 5.32 Å². The Morgan fingerprint density at radius 1 is 0.476 bits per heavy atom. The highest BCUT2D eigenvalue weighted by atomic mass is 16.7. The molecule has 0 aromatic carbocycles. The molecule has 8 unspecified atom stereocenters. The molecular formula is C71H125NO10. The van der Waals surface area contributed by atoms with Crippen molar-refractivity contribution < 1.29 is 49.3 Å². The lowest BCUT2D eigenvalue weighted by atomic mass is 9.99. The highest BCUT2D eigenvalue weighted by Gasteiger charge is 2.47. The summed E-state index contributed by atoms with van der Waals surface area (Å²) in [6.07, 6.45) is 66.3. The predicted octanol–water partition coefficient (Wildman–Crippen LogP) is 16.9. The van der Waals surface area contributed by atoms with E-state index in [1.165, 1.54) is 167 Å². The van der Waals surface area contributed by atoms with Crippen LogP contribution in [0.5, 0.6) is 0 Å². The third kappa shape index (κ3) is 45.2. The van der Waals surface area contributed by atoms with Crippen LogP contribution in [-0.4, -0.2) is 99.6 Å². The summed E-state index contributed by atoms with van der Waals surface area (Å²) in [4.78, 5) is 26.6. The second kappa shape index (κ2) is 58.2. The summed E-state index contributed by atoms with van der Waals surface area (Å²) < 4.78 is 17.6. The van der Waals surface area contributed by atoms with Gasteiger partial charge in [0.15, 0.2) is 12.4 Å². The van der Waals surface area contributed by atoms with Crippen LogP contribution in [0.1, 0.15) is 290 Å². The molecule has 0 spiro atoms. The molecule has 0 bridgehead atoms. The van der Waals surface area contributed by atoms with Crippen LogP contribution in [0.4, 0.5) is 0 Å². The van der Waals surface area contributed by atoms with Gasteiger partial charge in [0.1, 0.15) is 24.4 Å². The third-order valence-corrected chi connectivity index (χ3v) is 15.5. The van der Waals surface area contributed by atoms with Gasteiger partial charge in [-0.1, -0.05) is 273 Å². The highest BCUT2D eigenvalue weighted by Crippen LogP contribution is 2.26. The molecule has 1 heterocycles. The summed E-state index contributed by atoms with van der Waals surface area (Å²) in [6, 6.07) is -1.04. The number of amides is 1. The standard InChI is InChI=1S/C71H125NO10/c1-4-7-10-13-16-19-22-25-27-29-30-31-32-33-34-35-37-38-40-43-46-49-52-55-58-64(75)70(79)72-62(63(74)57-54-51-48-45-42-24-21-18-15-12-9-6-3)61-80-71-69(68(78)67(77)65(60-73)81-71)82-66(76)59-56-53-50-47-44-41-39-36-28-26-23-20-17-14-11-8-5-2/h16-17,19-20,25-28,39,41,47,50,54,57,62-65,67-69,71,73-75,77-78H,4-15,18,21-24,29-38,40,42-46,48-49,51-53,55-56,58-61H2,1-3H3,(H,72,79)/b19-16-,20-17-,27-25-,28-26-,41-39-,50-47-,57-54+. The lowest BCUT2D eigenvalue weighted by Gasteiger charge is -2.41. The number of ether oxygens (including phenoxy) is 3. The number of unbranched alkanes of at least 4 members (excludes halogenated alkanes) is 31. The maximum atomic E-state index is 13.5. The third-order valence-electron chi connectivity index (χ3n) is 15.5. The minimum Gasteiger partial charge on any atom is -0.454 e. The van der Waals surface area contributed by atoms with Crippen molar-refractivity contribution in [3.63, 3.8) is 0 Å². The van der Waals surface area contributed by atoms with Crippen LogP contribution in [0, 0.1) is 0 Å². The first-order chi connectivity index (χ1) is 40.2. The number of aliphatic hydroxyl groups is 5.